The fraction of sp³-hybridized carbons (Fsp3) is 0.292. The summed E-state index contributed by atoms with van der Waals surface area (Å²) in [7, 11) is 0. The van der Waals surface area contributed by atoms with Gasteiger partial charge in [0.1, 0.15) is 5.69 Å². The quantitative estimate of drug-likeness (QED) is 0.515. The van der Waals surface area contributed by atoms with Crippen LogP contribution in [-0.4, -0.2) is 51.9 Å². The van der Waals surface area contributed by atoms with Gasteiger partial charge in [0.2, 0.25) is 5.95 Å². The standard InChI is InChI=1S/C24H25N5OS/c30-23(21-17-31-22(25-21)12-11-18-7-2-1-3-8-18)28-13-6-14-29(16-15-28)24-26-19-9-4-5-10-20(19)27-24/h1-5,7-10,17H,6,11-16H2,(H,26,27). The van der Waals surface area contributed by atoms with Crippen molar-refractivity contribution in [3.8, 4) is 0 Å². The van der Waals surface area contributed by atoms with Crippen LogP contribution in [0.25, 0.3) is 11.0 Å². The molecule has 158 valence electrons. The number of aryl methyl sites for hydroxylation is 2. The topological polar surface area (TPSA) is 65.1 Å². The molecule has 0 saturated carbocycles. The van der Waals surface area contributed by atoms with Gasteiger partial charge in [-0.2, -0.15) is 0 Å². The highest BCUT2D eigenvalue weighted by Crippen LogP contribution is 2.20. The van der Waals surface area contributed by atoms with E-state index in [1.54, 1.807) is 11.3 Å². The maximum atomic E-state index is 13.1. The van der Waals surface area contributed by atoms with Gasteiger partial charge >= 0.3 is 0 Å². The third kappa shape index (κ3) is 4.46. The number of anilines is 1. The van der Waals surface area contributed by atoms with Crippen LogP contribution >= 0.6 is 11.3 Å². The molecule has 1 aliphatic heterocycles. The number of hydrogen-bond acceptors (Lipinski definition) is 5. The Hall–Kier alpha value is -3.19. The number of carbonyl (C=O) groups is 1. The number of nitrogens with zero attached hydrogens (tertiary/aromatic N) is 4. The van der Waals surface area contributed by atoms with E-state index >= 15 is 0 Å². The smallest absolute Gasteiger partial charge is 0.273 e. The minimum absolute atomic E-state index is 0.0358. The van der Waals surface area contributed by atoms with Crippen LogP contribution in [0.2, 0.25) is 0 Å². The van der Waals surface area contributed by atoms with Crippen molar-refractivity contribution in [3.05, 3.63) is 76.2 Å². The number of nitrogens with one attached hydrogen (secondary N) is 1. The number of aromatic nitrogens is 3. The zero-order chi connectivity index (χ0) is 21.0. The van der Waals surface area contributed by atoms with Crippen molar-refractivity contribution in [2.75, 3.05) is 31.1 Å². The first kappa shape index (κ1) is 19.8. The summed E-state index contributed by atoms with van der Waals surface area (Å²) in [6, 6.07) is 18.5. The first-order valence-corrected chi connectivity index (χ1v) is 11.6. The molecular formula is C24H25N5OS. The largest absolute Gasteiger partial charge is 0.341 e. The Bertz CT molecular complexity index is 1140. The molecular weight excluding hydrogens is 406 g/mol. The Labute approximate surface area is 185 Å². The number of aromatic amines is 1. The van der Waals surface area contributed by atoms with Gasteiger partial charge < -0.3 is 14.8 Å². The van der Waals surface area contributed by atoms with E-state index in [9.17, 15) is 4.79 Å². The third-order valence-electron chi connectivity index (χ3n) is 5.70. The number of benzene rings is 2. The minimum atomic E-state index is 0.0358. The molecule has 31 heavy (non-hydrogen) atoms. The molecule has 6 nitrogen and oxygen atoms in total. The fourth-order valence-electron chi connectivity index (χ4n) is 4.00. The molecule has 1 saturated heterocycles. The van der Waals surface area contributed by atoms with Crippen molar-refractivity contribution in [3.63, 3.8) is 0 Å². The van der Waals surface area contributed by atoms with E-state index in [-0.39, 0.29) is 5.91 Å². The molecule has 1 fully saturated rings. The van der Waals surface area contributed by atoms with Gasteiger partial charge in [-0.05, 0) is 30.5 Å². The van der Waals surface area contributed by atoms with Gasteiger partial charge in [-0.15, -0.1) is 11.3 Å². The zero-order valence-corrected chi connectivity index (χ0v) is 18.1. The summed E-state index contributed by atoms with van der Waals surface area (Å²) in [4.78, 5) is 30.0. The molecule has 0 spiro atoms. The van der Waals surface area contributed by atoms with Crippen molar-refractivity contribution < 1.29 is 4.79 Å². The summed E-state index contributed by atoms with van der Waals surface area (Å²) in [5, 5.41) is 2.93. The normalized spacial score (nSPS) is 14.7. The number of H-pyrrole nitrogens is 1. The summed E-state index contributed by atoms with van der Waals surface area (Å²) in [6.45, 7) is 3.05. The number of hydrogen-bond donors (Lipinski definition) is 1. The lowest BCUT2D eigenvalue weighted by Crippen LogP contribution is -2.35. The summed E-state index contributed by atoms with van der Waals surface area (Å²) in [5.41, 5.74) is 3.88. The van der Waals surface area contributed by atoms with Gasteiger partial charge in [0, 0.05) is 38.0 Å². The molecule has 0 radical (unpaired) electrons. The van der Waals surface area contributed by atoms with E-state index in [4.69, 9.17) is 4.98 Å². The maximum absolute atomic E-state index is 13.1. The summed E-state index contributed by atoms with van der Waals surface area (Å²) < 4.78 is 0. The molecule has 0 unspecified atom stereocenters. The molecule has 1 N–H and O–H groups in total. The van der Waals surface area contributed by atoms with E-state index < -0.39 is 0 Å². The second-order valence-corrected chi connectivity index (χ2v) is 8.77. The van der Waals surface area contributed by atoms with Gasteiger partial charge in [0.05, 0.1) is 16.0 Å². The predicted octanol–water partition coefficient (Wildman–Crippen LogP) is 4.16. The highest BCUT2D eigenvalue weighted by Gasteiger charge is 2.23. The average Bonchev–Trinajstić information content (AvgIpc) is 3.39. The van der Waals surface area contributed by atoms with Crippen molar-refractivity contribution in [1.82, 2.24) is 19.9 Å². The van der Waals surface area contributed by atoms with Gasteiger partial charge in [-0.25, -0.2) is 9.97 Å². The predicted molar refractivity (Wildman–Crippen MR) is 125 cm³/mol. The molecule has 3 heterocycles. The lowest BCUT2D eigenvalue weighted by molar-refractivity contribution is 0.0761. The Morgan fingerprint density at radius 3 is 2.65 bits per heavy atom. The van der Waals surface area contributed by atoms with Crippen molar-refractivity contribution in [2.24, 2.45) is 0 Å². The van der Waals surface area contributed by atoms with Crippen LogP contribution < -0.4 is 4.90 Å². The first-order chi connectivity index (χ1) is 15.3. The molecule has 1 amide bonds. The number of imidazole rings is 1. The van der Waals surface area contributed by atoms with Crippen molar-refractivity contribution in [1.29, 1.82) is 0 Å². The highest BCUT2D eigenvalue weighted by atomic mass is 32.1. The number of rotatable bonds is 5. The average molecular weight is 432 g/mol. The lowest BCUT2D eigenvalue weighted by atomic mass is 10.1. The number of thiazole rings is 1. The summed E-state index contributed by atoms with van der Waals surface area (Å²) in [6.07, 6.45) is 2.72. The van der Waals surface area contributed by atoms with Crippen LogP contribution in [0.5, 0.6) is 0 Å². The third-order valence-corrected chi connectivity index (χ3v) is 6.61. The zero-order valence-electron chi connectivity index (χ0n) is 17.3. The minimum Gasteiger partial charge on any atom is -0.341 e. The van der Waals surface area contributed by atoms with Crippen LogP contribution in [0.1, 0.15) is 27.5 Å². The van der Waals surface area contributed by atoms with E-state index in [0.29, 0.717) is 12.2 Å². The molecule has 0 bridgehead atoms. The molecule has 0 aliphatic carbocycles. The second kappa shape index (κ2) is 8.89. The second-order valence-electron chi connectivity index (χ2n) is 7.82. The molecule has 0 atom stereocenters. The summed E-state index contributed by atoms with van der Waals surface area (Å²) >= 11 is 1.58. The fourth-order valence-corrected chi connectivity index (χ4v) is 4.78. The monoisotopic (exact) mass is 431 g/mol. The van der Waals surface area contributed by atoms with Crippen LogP contribution in [0, 0.1) is 0 Å². The SMILES string of the molecule is O=C(c1csc(CCc2ccccc2)n1)N1CCCN(c2nc3ccccc3[nH]2)CC1. The number of para-hydroxylation sites is 2. The van der Waals surface area contributed by atoms with Crippen LogP contribution in [-0.2, 0) is 12.8 Å². The Balaban J connectivity index is 1.21. The Kier molecular flexibility index (Phi) is 5.67. The van der Waals surface area contributed by atoms with E-state index in [2.05, 4.69) is 39.1 Å². The molecule has 7 heteroatoms. The van der Waals surface area contributed by atoms with E-state index in [1.165, 1.54) is 5.56 Å². The maximum Gasteiger partial charge on any atom is 0.273 e. The highest BCUT2D eigenvalue weighted by molar-refractivity contribution is 7.09. The lowest BCUT2D eigenvalue weighted by Gasteiger charge is -2.21. The molecule has 1 aliphatic rings. The van der Waals surface area contributed by atoms with Crippen molar-refractivity contribution in [2.45, 2.75) is 19.3 Å². The van der Waals surface area contributed by atoms with E-state index in [1.807, 2.05) is 40.6 Å². The summed E-state index contributed by atoms with van der Waals surface area (Å²) in [5.74, 6) is 0.918. The van der Waals surface area contributed by atoms with Crippen LogP contribution in [0.15, 0.2) is 60.0 Å². The molecule has 5 rings (SSSR count). The molecule has 2 aromatic heterocycles. The number of fused-ring (bicyclic) bond motifs is 1. The first-order valence-electron chi connectivity index (χ1n) is 10.7. The molecule has 2 aromatic carbocycles. The van der Waals surface area contributed by atoms with Gasteiger partial charge in [-0.1, -0.05) is 42.5 Å². The van der Waals surface area contributed by atoms with Crippen LogP contribution in [0.4, 0.5) is 5.95 Å². The van der Waals surface area contributed by atoms with E-state index in [0.717, 1.165) is 60.9 Å². The number of carbonyl (C=O) groups excluding carboxylic acids is 1. The van der Waals surface area contributed by atoms with Gasteiger partial charge in [-0.3, -0.25) is 4.79 Å². The number of amides is 1. The Morgan fingerprint density at radius 1 is 0.935 bits per heavy atom. The van der Waals surface area contributed by atoms with Gasteiger partial charge in [0.15, 0.2) is 0 Å². The van der Waals surface area contributed by atoms with Crippen LogP contribution in [0.3, 0.4) is 0 Å². The Morgan fingerprint density at radius 2 is 1.77 bits per heavy atom. The molecule has 4 aromatic rings. The van der Waals surface area contributed by atoms with Gasteiger partial charge in [0.25, 0.3) is 5.91 Å². The van der Waals surface area contributed by atoms with Crippen molar-refractivity contribution >= 4 is 34.2 Å².